The molecule has 3 heteroatoms. The minimum Gasteiger partial charge on any atom is -0.257 e. The zero-order valence-corrected chi connectivity index (χ0v) is 12.6. The van der Waals surface area contributed by atoms with Crippen molar-refractivity contribution in [3.8, 4) is 0 Å². The van der Waals surface area contributed by atoms with E-state index in [1.165, 1.54) is 57.1 Å². The van der Waals surface area contributed by atoms with Gasteiger partial charge >= 0.3 is 0 Å². The Morgan fingerprint density at radius 3 is 2.17 bits per heavy atom. The topological polar surface area (TPSA) is 25.8 Å². The van der Waals surface area contributed by atoms with Gasteiger partial charge in [-0.15, -0.1) is 11.8 Å². The lowest BCUT2D eigenvalue weighted by molar-refractivity contribution is 0.572. The van der Waals surface area contributed by atoms with E-state index in [-0.39, 0.29) is 0 Å². The number of hydrogen-bond acceptors (Lipinski definition) is 3. The first kappa shape index (κ1) is 15.5. The highest BCUT2D eigenvalue weighted by Gasteiger charge is 2.02. The van der Waals surface area contributed by atoms with E-state index in [4.69, 9.17) is 0 Å². The van der Waals surface area contributed by atoms with Gasteiger partial charge in [-0.1, -0.05) is 51.9 Å². The highest BCUT2D eigenvalue weighted by atomic mass is 32.2. The maximum Gasteiger partial charge on any atom is 0.117 e. The number of hydrogen-bond donors (Lipinski definition) is 0. The van der Waals surface area contributed by atoms with Gasteiger partial charge in [0.15, 0.2) is 0 Å². The Morgan fingerprint density at radius 1 is 0.889 bits per heavy atom. The molecule has 0 fully saturated rings. The molecule has 1 rings (SSSR count). The first-order chi connectivity index (χ1) is 8.88. The molecule has 0 aliphatic rings. The van der Waals surface area contributed by atoms with Crippen LogP contribution in [-0.2, 0) is 6.42 Å². The fourth-order valence-electron chi connectivity index (χ4n) is 2.12. The molecule has 0 atom stereocenters. The van der Waals surface area contributed by atoms with Crippen LogP contribution in [0.25, 0.3) is 0 Å². The summed E-state index contributed by atoms with van der Waals surface area (Å²) >= 11 is 1.70. The lowest BCUT2D eigenvalue weighted by atomic mass is 10.1. The van der Waals surface area contributed by atoms with E-state index in [1.54, 1.807) is 24.2 Å². The van der Waals surface area contributed by atoms with Crippen LogP contribution in [-0.4, -0.2) is 16.2 Å². The van der Waals surface area contributed by atoms with Crippen molar-refractivity contribution in [1.82, 2.24) is 9.97 Å². The zero-order chi connectivity index (χ0) is 13.1. The lowest BCUT2D eigenvalue weighted by Gasteiger charge is -2.04. The maximum absolute atomic E-state index is 4.42. The van der Waals surface area contributed by atoms with Gasteiger partial charge in [-0.2, -0.15) is 0 Å². The van der Waals surface area contributed by atoms with Gasteiger partial charge in [0.1, 0.15) is 5.03 Å². The van der Waals surface area contributed by atoms with Gasteiger partial charge in [0.05, 0.1) is 5.69 Å². The van der Waals surface area contributed by atoms with Crippen LogP contribution in [0.5, 0.6) is 0 Å². The highest BCUT2D eigenvalue weighted by Crippen LogP contribution is 2.17. The van der Waals surface area contributed by atoms with Gasteiger partial charge in [-0.25, -0.2) is 4.98 Å². The Balaban J connectivity index is 2.07. The predicted molar refractivity (Wildman–Crippen MR) is 80.1 cm³/mol. The quantitative estimate of drug-likeness (QED) is 0.446. The van der Waals surface area contributed by atoms with Crippen LogP contribution < -0.4 is 0 Å². The van der Waals surface area contributed by atoms with E-state index in [2.05, 4.69) is 23.1 Å². The van der Waals surface area contributed by atoms with Gasteiger partial charge < -0.3 is 0 Å². The Kier molecular flexibility index (Phi) is 8.92. The van der Waals surface area contributed by atoms with E-state index < -0.39 is 0 Å². The second-order valence-corrected chi connectivity index (χ2v) is 5.53. The monoisotopic (exact) mass is 266 g/mol. The summed E-state index contributed by atoms with van der Waals surface area (Å²) in [4.78, 5) is 8.77. The van der Waals surface area contributed by atoms with Crippen LogP contribution >= 0.6 is 11.8 Å². The van der Waals surface area contributed by atoms with Crippen molar-refractivity contribution in [1.29, 1.82) is 0 Å². The van der Waals surface area contributed by atoms with Crippen LogP contribution in [0.2, 0.25) is 0 Å². The summed E-state index contributed by atoms with van der Waals surface area (Å²) in [6.45, 7) is 2.27. The number of aryl methyl sites for hydroxylation is 1. The lowest BCUT2D eigenvalue weighted by Crippen LogP contribution is -1.95. The molecule has 0 aliphatic carbocycles. The summed E-state index contributed by atoms with van der Waals surface area (Å²) in [7, 11) is 0. The van der Waals surface area contributed by atoms with Crippen molar-refractivity contribution in [2.45, 2.75) is 69.7 Å². The van der Waals surface area contributed by atoms with Gasteiger partial charge in [0.2, 0.25) is 0 Å². The van der Waals surface area contributed by atoms with Crippen molar-refractivity contribution >= 4 is 11.8 Å². The number of thioether (sulfide) groups is 1. The number of unbranched alkanes of at least 4 members (excludes halogenated alkanes) is 7. The van der Waals surface area contributed by atoms with E-state index in [0.717, 1.165) is 11.4 Å². The molecule has 0 radical (unpaired) electrons. The minimum atomic E-state index is 1.08. The van der Waals surface area contributed by atoms with Crippen molar-refractivity contribution in [2.75, 3.05) is 6.26 Å². The second kappa shape index (κ2) is 10.4. The molecule has 0 saturated carbocycles. The summed E-state index contributed by atoms with van der Waals surface area (Å²) in [6.07, 6.45) is 17.7. The van der Waals surface area contributed by atoms with Crippen LogP contribution in [0.1, 0.15) is 64.0 Å². The third kappa shape index (κ3) is 6.39. The van der Waals surface area contributed by atoms with Crippen molar-refractivity contribution in [3.05, 3.63) is 18.1 Å². The fraction of sp³-hybridized carbons (Fsp3) is 0.733. The molecule has 18 heavy (non-hydrogen) atoms. The third-order valence-corrected chi connectivity index (χ3v) is 3.92. The van der Waals surface area contributed by atoms with Crippen molar-refractivity contribution in [2.24, 2.45) is 0 Å². The average molecular weight is 266 g/mol. The van der Waals surface area contributed by atoms with Crippen LogP contribution in [0.4, 0.5) is 0 Å². The maximum atomic E-state index is 4.42. The molecule has 0 aliphatic heterocycles. The van der Waals surface area contributed by atoms with Gasteiger partial charge in [0.25, 0.3) is 0 Å². The molecule has 0 amide bonds. The second-order valence-electron chi connectivity index (χ2n) is 4.74. The number of aromatic nitrogens is 2. The third-order valence-electron chi connectivity index (χ3n) is 3.20. The number of nitrogens with zero attached hydrogens (tertiary/aromatic N) is 2. The zero-order valence-electron chi connectivity index (χ0n) is 11.8. The molecule has 2 nitrogen and oxygen atoms in total. The molecular formula is C15H26N2S. The Labute approximate surface area is 116 Å². The molecule has 0 aromatic carbocycles. The summed E-state index contributed by atoms with van der Waals surface area (Å²) in [5, 5.41) is 1.10. The Morgan fingerprint density at radius 2 is 1.50 bits per heavy atom. The Hall–Kier alpha value is -0.570. The van der Waals surface area contributed by atoms with Crippen LogP contribution in [0.3, 0.4) is 0 Å². The normalized spacial score (nSPS) is 10.8. The largest absolute Gasteiger partial charge is 0.257 e. The summed E-state index contributed by atoms with van der Waals surface area (Å²) in [6, 6.07) is 0. The molecular weight excluding hydrogens is 240 g/mol. The minimum absolute atomic E-state index is 1.08. The van der Waals surface area contributed by atoms with Crippen molar-refractivity contribution < 1.29 is 0 Å². The van der Waals surface area contributed by atoms with Gasteiger partial charge in [-0.05, 0) is 19.1 Å². The molecule has 1 heterocycles. The van der Waals surface area contributed by atoms with Crippen molar-refractivity contribution in [3.63, 3.8) is 0 Å². The molecule has 0 N–H and O–H groups in total. The van der Waals surface area contributed by atoms with E-state index >= 15 is 0 Å². The average Bonchev–Trinajstić information content (AvgIpc) is 2.42. The highest BCUT2D eigenvalue weighted by molar-refractivity contribution is 7.98. The molecule has 0 saturated heterocycles. The molecule has 0 spiro atoms. The predicted octanol–water partition coefficient (Wildman–Crippen LogP) is 4.88. The van der Waals surface area contributed by atoms with Gasteiger partial charge in [-0.3, -0.25) is 4.98 Å². The first-order valence-corrected chi connectivity index (χ1v) is 8.44. The fourth-order valence-corrected chi connectivity index (χ4v) is 2.68. The van der Waals surface area contributed by atoms with E-state index in [0.29, 0.717) is 0 Å². The molecule has 1 aromatic rings. The molecule has 0 bridgehead atoms. The molecule has 0 unspecified atom stereocenters. The summed E-state index contributed by atoms with van der Waals surface area (Å²) < 4.78 is 0. The summed E-state index contributed by atoms with van der Waals surface area (Å²) in [5.74, 6) is 0. The van der Waals surface area contributed by atoms with E-state index in [9.17, 15) is 0 Å². The van der Waals surface area contributed by atoms with Crippen LogP contribution in [0, 0.1) is 0 Å². The standard InChI is InChI=1S/C15H26N2S/c1-3-4-5-6-7-8-9-10-11-14-15(18-2)17-13-12-16-14/h12-13H,3-11H2,1-2H3. The first-order valence-electron chi connectivity index (χ1n) is 7.22. The number of rotatable bonds is 10. The SMILES string of the molecule is CCCCCCCCCCc1nccnc1SC. The Bertz CT molecular complexity index is 315. The molecule has 102 valence electrons. The smallest absolute Gasteiger partial charge is 0.117 e. The van der Waals surface area contributed by atoms with Crippen LogP contribution in [0.15, 0.2) is 17.4 Å². The molecule has 1 aromatic heterocycles. The van der Waals surface area contributed by atoms with Gasteiger partial charge in [0, 0.05) is 12.4 Å². The summed E-state index contributed by atoms with van der Waals surface area (Å²) in [5.41, 5.74) is 1.18. The van der Waals surface area contributed by atoms with E-state index in [1.807, 2.05) is 0 Å².